The Hall–Kier alpha value is -1.68. The summed E-state index contributed by atoms with van der Waals surface area (Å²) in [7, 11) is 1.25. The van der Waals surface area contributed by atoms with Crippen molar-refractivity contribution in [3.05, 3.63) is 35.4 Å². The molecule has 0 atom stereocenters. The van der Waals surface area contributed by atoms with E-state index >= 15 is 0 Å². The number of methoxy groups -OCH3 is 1. The molecule has 0 aliphatic heterocycles. The van der Waals surface area contributed by atoms with Crippen molar-refractivity contribution < 1.29 is 19.4 Å². The highest BCUT2D eigenvalue weighted by molar-refractivity contribution is 5.96. The van der Waals surface area contributed by atoms with Gasteiger partial charge in [0.25, 0.3) is 0 Å². The van der Waals surface area contributed by atoms with E-state index in [0.717, 1.165) is 11.1 Å². The molecule has 0 saturated carbocycles. The SMILES string of the molecule is COC(=O)CC(=O)CC1(O)Cc2ccccc2C1. The predicted molar refractivity (Wildman–Crippen MR) is 65.1 cm³/mol. The molecule has 0 unspecified atom stereocenters. The summed E-state index contributed by atoms with van der Waals surface area (Å²) >= 11 is 0. The first-order valence-corrected chi connectivity index (χ1v) is 5.90. The second kappa shape index (κ2) is 4.90. The fraction of sp³-hybridized carbons (Fsp3) is 0.429. The number of hydrogen-bond acceptors (Lipinski definition) is 4. The van der Waals surface area contributed by atoms with Crippen LogP contribution in [0, 0.1) is 0 Å². The number of esters is 1. The van der Waals surface area contributed by atoms with Crippen molar-refractivity contribution in [1.29, 1.82) is 0 Å². The van der Waals surface area contributed by atoms with Gasteiger partial charge in [-0.15, -0.1) is 0 Å². The Morgan fingerprint density at radius 2 is 1.83 bits per heavy atom. The number of aliphatic hydroxyl groups is 1. The third-order valence-corrected chi connectivity index (χ3v) is 3.25. The Labute approximate surface area is 106 Å². The summed E-state index contributed by atoms with van der Waals surface area (Å²) < 4.78 is 4.44. The number of Topliss-reactive ketones (excluding diaryl/α,β-unsaturated/α-hetero) is 1. The van der Waals surface area contributed by atoms with Gasteiger partial charge in [-0.2, -0.15) is 0 Å². The van der Waals surface area contributed by atoms with Crippen LogP contribution in [-0.4, -0.2) is 29.6 Å². The topological polar surface area (TPSA) is 63.6 Å². The van der Waals surface area contributed by atoms with Gasteiger partial charge in [-0.05, 0) is 11.1 Å². The minimum atomic E-state index is -1.05. The van der Waals surface area contributed by atoms with Crippen molar-refractivity contribution >= 4 is 11.8 Å². The highest BCUT2D eigenvalue weighted by Crippen LogP contribution is 2.32. The molecule has 4 heteroatoms. The zero-order chi connectivity index (χ0) is 13.2. The number of benzene rings is 1. The molecule has 1 aromatic rings. The molecule has 0 aromatic heterocycles. The Morgan fingerprint density at radius 3 is 2.33 bits per heavy atom. The van der Waals surface area contributed by atoms with Crippen LogP contribution in [0.25, 0.3) is 0 Å². The Balaban J connectivity index is 1.99. The highest BCUT2D eigenvalue weighted by Gasteiger charge is 2.37. The lowest BCUT2D eigenvalue weighted by Crippen LogP contribution is -2.33. The molecular formula is C14H16O4. The zero-order valence-corrected chi connectivity index (χ0v) is 10.3. The highest BCUT2D eigenvalue weighted by atomic mass is 16.5. The van der Waals surface area contributed by atoms with Crippen LogP contribution in [0.3, 0.4) is 0 Å². The van der Waals surface area contributed by atoms with E-state index in [4.69, 9.17) is 0 Å². The van der Waals surface area contributed by atoms with Gasteiger partial charge < -0.3 is 9.84 Å². The van der Waals surface area contributed by atoms with Crippen LogP contribution in [0.2, 0.25) is 0 Å². The van der Waals surface area contributed by atoms with Crippen molar-refractivity contribution in [3.8, 4) is 0 Å². The van der Waals surface area contributed by atoms with Crippen LogP contribution in [0.5, 0.6) is 0 Å². The molecule has 0 spiro atoms. The summed E-state index contributed by atoms with van der Waals surface area (Å²) in [6, 6.07) is 7.75. The lowest BCUT2D eigenvalue weighted by Gasteiger charge is -2.20. The number of rotatable bonds is 4. The van der Waals surface area contributed by atoms with E-state index in [0.29, 0.717) is 12.8 Å². The standard InChI is InChI=1S/C14H16O4/c1-18-13(16)6-12(15)9-14(17)7-10-4-2-3-5-11(10)8-14/h2-5,17H,6-9H2,1H3. The molecule has 0 amide bonds. The molecule has 96 valence electrons. The van der Waals surface area contributed by atoms with Crippen molar-refractivity contribution in [1.82, 2.24) is 0 Å². The first-order valence-electron chi connectivity index (χ1n) is 5.90. The van der Waals surface area contributed by atoms with Crippen LogP contribution < -0.4 is 0 Å². The van der Waals surface area contributed by atoms with Crippen molar-refractivity contribution in [2.24, 2.45) is 0 Å². The van der Waals surface area contributed by atoms with E-state index in [2.05, 4.69) is 4.74 Å². The van der Waals surface area contributed by atoms with E-state index in [1.165, 1.54) is 7.11 Å². The first-order chi connectivity index (χ1) is 8.52. The Bertz CT molecular complexity index is 453. The molecule has 0 fully saturated rings. The molecule has 0 radical (unpaired) electrons. The van der Waals surface area contributed by atoms with Gasteiger partial charge in [-0.1, -0.05) is 24.3 Å². The summed E-state index contributed by atoms with van der Waals surface area (Å²) in [6.45, 7) is 0. The van der Waals surface area contributed by atoms with Gasteiger partial charge in [-0.3, -0.25) is 9.59 Å². The molecule has 1 aliphatic rings. The molecule has 1 aliphatic carbocycles. The summed E-state index contributed by atoms with van der Waals surface area (Å²) in [5.74, 6) is -0.837. The molecule has 1 N–H and O–H groups in total. The quantitative estimate of drug-likeness (QED) is 0.638. The monoisotopic (exact) mass is 248 g/mol. The van der Waals surface area contributed by atoms with Gasteiger partial charge in [-0.25, -0.2) is 0 Å². The maximum absolute atomic E-state index is 11.7. The fourth-order valence-corrected chi connectivity index (χ4v) is 2.46. The largest absolute Gasteiger partial charge is 0.469 e. The average molecular weight is 248 g/mol. The summed E-state index contributed by atoms with van der Waals surface area (Å²) in [4.78, 5) is 22.7. The molecule has 4 nitrogen and oxygen atoms in total. The van der Waals surface area contributed by atoms with E-state index in [9.17, 15) is 14.7 Å². The fourth-order valence-electron chi connectivity index (χ4n) is 2.46. The van der Waals surface area contributed by atoms with E-state index < -0.39 is 11.6 Å². The van der Waals surface area contributed by atoms with Gasteiger partial charge in [0.2, 0.25) is 0 Å². The lowest BCUT2D eigenvalue weighted by molar-refractivity contribution is -0.144. The van der Waals surface area contributed by atoms with Crippen LogP contribution in [0.1, 0.15) is 24.0 Å². The van der Waals surface area contributed by atoms with Crippen LogP contribution >= 0.6 is 0 Å². The van der Waals surface area contributed by atoms with Gasteiger partial charge in [0.05, 0.1) is 12.7 Å². The second-order valence-corrected chi connectivity index (χ2v) is 4.81. The minimum absolute atomic E-state index is 0.00319. The number of hydrogen-bond donors (Lipinski definition) is 1. The van der Waals surface area contributed by atoms with Crippen molar-refractivity contribution in [3.63, 3.8) is 0 Å². The van der Waals surface area contributed by atoms with Crippen LogP contribution in [-0.2, 0) is 27.2 Å². The zero-order valence-electron chi connectivity index (χ0n) is 10.3. The third-order valence-electron chi connectivity index (χ3n) is 3.25. The first kappa shape index (κ1) is 12.8. The van der Waals surface area contributed by atoms with Crippen molar-refractivity contribution in [2.45, 2.75) is 31.3 Å². The smallest absolute Gasteiger partial charge is 0.313 e. The van der Waals surface area contributed by atoms with Gasteiger partial charge >= 0.3 is 5.97 Å². The Kier molecular flexibility index (Phi) is 3.48. The van der Waals surface area contributed by atoms with Crippen molar-refractivity contribution in [2.75, 3.05) is 7.11 Å². The van der Waals surface area contributed by atoms with Gasteiger partial charge in [0, 0.05) is 19.3 Å². The average Bonchev–Trinajstić information content (AvgIpc) is 2.63. The maximum atomic E-state index is 11.7. The van der Waals surface area contributed by atoms with Gasteiger partial charge in [0.15, 0.2) is 0 Å². The number of ether oxygens (including phenoxy) is 1. The third kappa shape index (κ3) is 2.76. The number of carbonyl (C=O) groups excluding carboxylic acids is 2. The molecule has 18 heavy (non-hydrogen) atoms. The summed E-state index contributed by atoms with van der Waals surface area (Å²) in [5, 5.41) is 10.4. The maximum Gasteiger partial charge on any atom is 0.313 e. The van der Waals surface area contributed by atoms with Crippen LogP contribution in [0.15, 0.2) is 24.3 Å². The molecule has 0 bridgehead atoms. The summed E-state index contributed by atoms with van der Waals surface area (Å²) in [6.07, 6.45) is 0.665. The normalized spacial score (nSPS) is 16.1. The molecular weight excluding hydrogens is 232 g/mol. The minimum Gasteiger partial charge on any atom is -0.469 e. The summed E-state index contributed by atoms with van der Waals surface area (Å²) in [5.41, 5.74) is 1.10. The lowest BCUT2D eigenvalue weighted by atomic mass is 9.93. The van der Waals surface area contributed by atoms with Gasteiger partial charge in [0.1, 0.15) is 12.2 Å². The van der Waals surface area contributed by atoms with E-state index in [-0.39, 0.29) is 18.6 Å². The van der Waals surface area contributed by atoms with E-state index in [1.807, 2.05) is 24.3 Å². The predicted octanol–water partition coefficient (Wildman–Crippen LogP) is 1.04. The second-order valence-electron chi connectivity index (χ2n) is 4.81. The Morgan fingerprint density at radius 1 is 1.28 bits per heavy atom. The molecule has 2 rings (SSSR count). The number of fused-ring (bicyclic) bond motifs is 1. The molecule has 0 saturated heterocycles. The molecule has 1 aromatic carbocycles. The number of carbonyl (C=O) groups is 2. The van der Waals surface area contributed by atoms with E-state index in [1.54, 1.807) is 0 Å². The number of ketones is 1. The van der Waals surface area contributed by atoms with Crippen LogP contribution in [0.4, 0.5) is 0 Å². The molecule has 0 heterocycles.